The van der Waals surface area contributed by atoms with Crippen LogP contribution in [0, 0.1) is 11.8 Å². The molecule has 0 aliphatic rings. The maximum absolute atomic E-state index is 12.8. The average molecular weight is 428 g/mol. The molecule has 0 rings (SSSR count). The largest absolute Gasteiger partial charge is 0.357 e. The normalized spacial score (nSPS) is 15.3. The van der Waals surface area contributed by atoms with Gasteiger partial charge in [0.25, 0.3) is 0 Å². The topological polar surface area (TPSA) is 120 Å². The first-order valence-electron chi connectivity index (χ1n) is 10.6. The Morgan fingerprint density at radius 3 is 1.73 bits per heavy atom. The Labute approximate surface area is 181 Å². The maximum Gasteiger partial charge on any atom is 0.243 e. The van der Waals surface area contributed by atoms with Gasteiger partial charge >= 0.3 is 0 Å². The molecule has 0 spiro atoms. The van der Waals surface area contributed by atoms with Crippen LogP contribution in [0.3, 0.4) is 0 Å². The summed E-state index contributed by atoms with van der Waals surface area (Å²) in [5.41, 5.74) is 0. The number of hydrogen-bond donors (Lipinski definition) is 4. The third kappa shape index (κ3) is 9.21. The first kappa shape index (κ1) is 28.0. The number of likely N-dealkylation sites (N-methyl/N-ethyl adjacent to an activating group) is 3. The van der Waals surface area contributed by atoms with E-state index < -0.39 is 36.0 Å². The third-order valence-electron chi connectivity index (χ3n) is 4.94. The van der Waals surface area contributed by atoms with Gasteiger partial charge in [0.15, 0.2) is 0 Å². The van der Waals surface area contributed by atoms with E-state index in [1.165, 1.54) is 11.9 Å². The van der Waals surface area contributed by atoms with E-state index >= 15 is 0 Å². The zero-order valence-electron chi connectivity index (χ0n) is 20.0. The Kier molecular flexibility index (Phi) is 12.4. The van der Waals surface area contributed by atoms with Crippen LogP contribution in [0.15, 0.2) is 0 Å². The number of rotatable bonds is 12. The molecule has 0 radical (unpaired) electrons. The van der Waals surface area contributed by atoms with Gasteiger partial charge in [-0.1, -0.05) is 27.7 Å². The van der Waals surface area contributed by atoms with Crippen molar-refractivity contribution in [3.8, 4) is 0 Å². The molecule has 0 aromatic heterocycles. The summed E-state index contributed by atoms with van der Waals surface area (Å²) in [5, 5.41) is 10.8. The second-order valence-corrected chi connectivity index (χ2v) is 8.64. The van der Waals surface area contributed by atoms with Crippen molar-refractivity contribution in [1.82, 2.24) is 26.2 Å². The van der Waals surface area contributed by atoms with E-state index in [0.717, 1.165) is 0 Å². The van der Waals surface area contributed by atoms with E-state index in [-0.39, 0.29) is 17.7 Å². The van der Waals surface area contributed by atoms with E-state index in [9.17, 15) is 19.2 Å². The SMILES string of the molecule is CNC(=O)[C@@H](CC(C)C)N(C)C(=O)[C@H](C)N[C@H](C)C(=O)NC(=O)[C@H](CC(C)C)NC. The highest BCUT2D eigenvalue weighted by atomic mass is 16.2. The van der Waals surface area contributed by atoms with Crippen molar-refractivity contribution in [2.75, 3.05) is 21.1 Å². The molecule has 4 amide bonds. The molecule has 0 aliphatic heterocycles. The molecule has 9 nitrogen and oxygen atoms in total. The Bertz CT molecular complexity index is 594. The summed E-state index contributed by atoms with van der Waals surface area (Å²) in [6.45, 7) is 11.2. The summed E-state index contributed by atoms with van der Waals surface area (Å²) < 4.78 is 0. The Balaban J connectivity index is 4.98. The van der Waals surface area contributed by atoms with E-state index in [1.807, 2.05) is 27.7 Å². The third-order valence-corrected chi connectivity index (χ3v) is 4.94. The molecule has 0 unspecified atom stereocenters. The summed E-state index contributed by atoms with van der Waals surface area (Å²) in [6.07, 6.45) is 1.13. The Morgan fingerprint density at radius 1 is 0.767 bits per heavy atom. The van der Waals surface area contributed by atoms with E-state index in [1.54, 1.807) is 27.9 Å². The first-order chi connectivity index (χ1) is 13.8. The molecule has 0 aliphatic carbocycles. The van der Waals surface area contributed by atoms with Gasteiger partial charge in [-0.05, 0) is 45.6 Å². The van der Waals surface area contributed by atoms with Gasteiger partial charge in [0.05, 0.1) is 18.1 Å². The number of nitrogens with one attached hydrogen (secondary N) is 4. The van der Waals surface area contributed by atoms with Crippen LogP contribution in [0.4, 0.5) is 0 Å². The maximum atomic E-state index is 12.8. The Morgan fingerprint density at radius 2 is 1.30 bits per heavy atom. The molecule has 4 atom stereocenters. The van der Waals surface area contributed by atoms with E-state index in [4.69, 9.17) is 0 Å². The van der Waals surface area contributed by atoms with Crippen molar-refractivity contribution in [2.45, 2.75) is 78.6 Å². The molecule has 174 valence electrons. The minimum atomic E-state index is -0.763. The van der Waals surface area contributed by atoms with Crippen molar-refractivity contribution < 1.29 is 19.2 Å². The molecule has 0 bridgehead atoms. The van der Waals surface area contributed by atoms with E-state index in [0.29, 0.717) is 18.8 Å². The fourth-order valence-corrected chi connectivity index (χ4v) is 3.18. The Hall–Kier alpha value is -2.00. The van der Waals surface area contributed by atoms with Crippen molar-refractivity contribution in [3.63, 3.8) is 0 Å². The first-order valence-corrected chi connectivity index (χ1v) is 10.6. The van der Waals surface area contributed by atoms with Crippen LogP contribution in [0.1, 0.15) is 54.4 Å². The van der Waals surface area contributed by atoms with Gasteiger partial charge in [0.1, 0.15) is 6.04 Å². The lowest BCUT2D eigenvalue weighted by Gasteiger charge is -2.31. The number of imide groups is 1. The summed E-state index contributed by atoms with van der Waals surface area (Å²) in [7, 11) is 4.80. The molecule has 0 fully saturated rings. The van der Waals surface area contributed by atoms with Crippen LogP contribution >= 0.6 is 0 Å². The molecule has 30 heavy (non-hydrogen) atoms. The van der Waals surface area contributed by atoms with Gasteiger partial charge in [0.2, 0.25) is 23.6 Å². The van der Waals surface area contributed by atoms with Crippen LogP contribution in [0.25, 0.3) is 0 Å². The van der Waals surface area contributed by atoms with Gasteiger partial charge in [0, 0.05) is 14.1 Å². The molecular weight excluding hydrogens is 386 g/mol. The van der Waals surface area contributed by atoms with Crippen molar-refractivity contribution in [2.24, 2.45) is 11.8 Å². The quantitative estimate of drug-likeness (QED) is 0.354. The lowest BCUT2D eigenvalue weighted by molar-refractivity contribution is -0.141. The number of hydrogen-bond acceptors (Lipinski definition) is 6. The van der Waals surface area contributed by atoms with Gasteiger partial charge in [-0.2, -0.15) is 0 Å². The minimum Gasteiger partial charge on any atom is -0.357 e. The van der Waals surface area contributed by atoms with Gasteiger partial charge < -0.3 is 15.5 Å². The van der Waals surface area contributed by atoms with Crippen LogP contribution in [-0.2, 0) is 19.2 Å². The van der Waals surface area contributed by atoms with E-state index in [2.05, 4.69) is 21.3 Å². The monoisotopic (exact) mass is 427 g/mol. The molecule has 0 aromatic rings. The molecule has 0 heterocycles. The lowest BCUT2D eigenvalue weighted by Crippen LogP contribution is -2.57. The van der Waals surface area contributed by atoms with Crippen molar-refractivity contribution in [3.05, 3.63) is 0 Å². The molecule has 9 heteroatoms. The van der Waals surface area contributed by atoms with Gasteiger partial charge in [-0.15, -0.1) is 0 Å². The molecule has 4 N–H and O–H groups in total. The molecule has 0 saturated heterocycles. The molecular formula is C21H41N5O4. The predicted octanol–water partition coefficient (Wildman–Crippen LogP) is 0.249. The highest BCUT2D eigenvalue weighted by molar-refractivity contribution is 6.00. The van der Waals surface area contributed by atoms with Crippen LogP contribution in [-0.4, -0.2) is 73.8 Å². The second kappa shape index (κ2) is 13.3. The summed E-state index contributed by atoms with van der Waals surface area (Å²) in [4.78, 5) is 51.2. The number of nitrogens with zero attached hydrogens (tertiary/aromatic N) is 1. The smallest absolute Gasteiger partial charge is 0.243 e. The van der Waals surface area contributed by atoms with Crippen LogP contribution in [0.2, 0.25) is 0 Å². The summed E-state index contributed by atoms with van der Waals surface area (Å²) in [6, 6.07) is -2.53. The summed E-state index contributed by atoms with van der Waals surface area (Å²) >= 11 is 0. The zero-order valence-corrected chi connectivity index (χ0v) is 20.0. The molecule has 0 aromatic carbocycles. The fraction of sp³-hybridized carbons (Fsp3) is 0.810. The standard InChI is InChI=1S/C21H41N5O4/c1-12(2)10-16(22-7)19(28)25-18(27)14(5)24-15(6)21(30)26(9)17(11-13(3)4)20(29)23-8/h12-17,22,24H,10-11H2,1-9H3,(H,23,29)(H,25,27,28)/t14-,15+,16+,17-/m1/s1. The highest BCUT2D eigenvalue weighted by Gasteiger charge is 2.31. The van der Waals surface area contributed by atoms with Gasteiger partial charge in [-0.3, -0.25) is 29.8 Å². The fourth-order valence-electron chi connectivity index (χ4n) is 3.18. The van der Waals surface area contributed by atoms with Gasteiger partial charge in [-0.25, -0.2) is 0 Å². The average Bonchev–Trinajstić information content (AvgIpc) is 2.67. The summed E-state index contributed by atoms with van der Waals surface area (Å²) in [5.74, 6) is -0.901. The highest BCUT2D eigenvalue weighted by Crippen LogP contribution is 2.12. The number of carbonyl (C=O) groups is 4. The lowest BCUT2D eigenvalue weighted by atomic mass is 10.0. The van der Waals surface area contributed by atoms with Crippen LogP contribution in [0.5, 0.6) is 0 Å². The van der Waals surface area contributed by atoms with Crippen molar-refractivity contribution in [1.29, 1.82) is 0 Å². The number of carbonyl (C=O) groups excluding carboxylic acids is 4. The predicted molar refractivity (Wildman–Crippen MR) is 118 cm³/mol. The zero-order chi connectivity index (χ0) is 23.6. The van der Waals surface area contributed by atoms with Crippen LogP contribution < -0.4 is 21.3 Å². The van der Waals surface area contributed by atoms with Crippen molar-refractivity contribution >= 4 is 23.6 Å². The number of amides is 4. The molecule has 0 saturated carbocycles. The minimum absolute atomic E-state index is 0.229. The second-order valence-electron chi connectivity index (χ2n) is 8.64.